The summed E-state index contributed by atoms with van der Waals surface area (Å²) in [5.74, 6) is 3.54. The summed E-state index contributed by atoms with van der Waals surface area (Å²) in [6.07, 6.45) is 7.41. The Morgan fingerprint density at radius 1 is 0.875 bits per heavy atom. The lowest BCUT2D eigenvalue weighted by Gasteiger charge is -2.08. The molecule has 24 heavy (non-hydrogen) atoms. The maximum absolute atomic E-state index is 5.97. The zero-order valence-corrected chi connectivity index (χ0v) is 13.3. The zero-order chi connectivity index (χ0) is 16.4. The van der Waals surface area contributed by atoms with Gasteiger partial charge in [-0.15, -0.1) is 6.42 Å². The van der Waals surface area contributed by atoms with Crippen molar-refractivity contribution in [1.82, 2.24) is 4.57 Å². The van der Waals surface area contributed by atoms with E-state index in [0.29, 0.717) is 13.2 Å². The fourth-order valence-electron chi connectivity index (χ4n) is 3.00. The summed E-state index contributed by atoms with van der Waals surface area (Å²) in [5, 5.41) is 3.62. The first-order valence-corrected chi connectivity index (χ1v) is 7.96. The predicted molar refractivity (Wildman–Crippen MR) is 99.1 cm³/mol. The van der Waals surface area contributed by atoms with Gasteiger partial charge < -0.3 is 9.30 Å². The van der Waals surface area contributed by atoms with E-state index in [0.717, 1.165) is 16.7 Å². The van der Waals surface area contributed by atoms with Crippen molar-refractivity contribution in [3.63, 3.8) is 0 Å². The van der Waals surface area contributed by atoms with E-state index in [1.165, 1.54) is 16.3 Å². The molecule has 4 aromatic rings. The SMILES string of the molecule is C#CCn1ccc2cc(OCc3ccc4ccccc4c3)ccc21. The van der Waals surface area contributed by atoms with Crippen LogP contribution in [0.5, 0.6) is 5.75 Å². The standard InChI is InChI=1S/C22H17NO/c1-2-12-23-13-11-20-15-21(9-10-22(20)23)24-16-17-7-8-18-5-3-4-6-19(18)14-17/h1,3-11,13-15H,12,16H2. The summed E-state index contributed by atoms with van der Waals surface area (Å²) in [6.45, 7) is 1.14. The monoisotopic (exact) mass is 311 g/mol. The van der Waals surface area contributed by atoms with Gasteiger partial charge in [-0.1, -0.05) is 42.3 Å². The van der Waals surface area contributed by atoms with Crippen molar-refractivity contribution >= 4 is 21.7 Å². The molecule has 0 bridgehead atoms. The highest BCUT2D eigenvalue weighted by Gasteiger charge is 2.03. The predicted octanol–water partition coefficient (Wildman–Crippen LogP) is 5.01. The lowest BCUT2D eigenvalue weighted by Crippen LogP contribution is -1.96. The van der Waals surface area contributed by atoms with Crippen LogP contribution >= 0.6 is 0 Å². The van der Waals surface area contributed by atoms with Crippen LogP contribution in [0.15, 0.2) is 72.9 Å². The molecule has 0 aliphatic heterocycles. The minimum absolute atomic E-state index is 0.557. The second kappa shape index (κ2) is 6.14. The first kappa shape index (κ1) is 14.4. The first-order chi connectivity index (χ1) is 11.8. The van der Waals surface area contributed by atoms with Gasteiger partial charge in [0, 0.05) is 17.1 Å². The first-order valence-electron chi connectivity index (χ1n) is 7.96. The number of nitrogens with zero attached hydrogens (tertiary/aromatic N) is 1. The number of rotatable bonds is 4. The van der Waals surface area contributed by atoms with Crippen molar-refractivity contribution < 1.29 is 4.74 Å². The second-order valence-electron chi connectivity index (χ2n) is 5.84. The van der Waals surface area contributed by atoms with Crippen LogP contribution in [-0.2, 0) is 13.2 Å². The molecule has 2 nitrogen and oxygen atoms in total. The zero-order valence-electron chi connectivity index (χ0n) is 13.3. The van der Waals surface area contributed by atoms with E-state index in [2.05, 4.69) is 71.2 Å². The van der Waals surface area contributed by atoms with Crippen LogP contribution in [0.1, 0.15) is 5.56 Å². The summed E-state index contributed by atoms with van der Waals surface area (Å²) < 4.78 is 8.03. The lowest BCUT2D eigenvalue weighted by molar-refractivity contribution is 0.307. The lowest BCUT2D eigenvalue weighted by atomic mass is 10.1. The van der Waals surface area contributed by atoms with Crippen LogP contribution in [0.25, 0.3) is 21.7 Å². The summed E-state index contributed by atoms with van der Waals surface area (Å²) >= 11 is 0. The maximum atomic E-state index is 5.97. The van der Waals surface area contributed by atoms with E-state index in [4.69, 9.17) is 11.2 Å². The number of benzene rings is 3. The Morgan fingerprint density at radius 3 is 2.62 bits per heavy atom. The van der Waals surface area contributed by atoms with Gasteiger partial charge in [-0.05, 0) is 46.7 Å². The molecule has 1 heterocycles. The minimum atomic E-state index is 0.557. The molecule has 0 saturated carbocycles. The number of terminal acetylenes is 1. The van der Waals surface area contributed by atoms with Gasteiger partial charge in [0.15, 0.2) is 0 Å². The van der Waals surface area contributed by atoms with Crippen molar-refractivity contribution in [2.45, 2.75) is 13.2 Å². The van der Waals surface area contributed by atoms with Crippen molar-refractivity contribution in [2.75, 3.05) is 0 Å². The summed E-state index contributed by atoms with van der Waals surface area (Å²) in [7, 11) is 0. The molecule has 0 amide bonds. The van der Waals surface area contributed by atoms with Gasteiger partial charge in [0.25, 0.3) is 0 Å². The largest absolute Gasteiger partial charge is 0.489 e. The van der Waals surface area contributed by atoms with Gasteiger partial charge in [-0.25, -0.2) is 0 Å². The quantitative estimate of drug-likeness (QED) is 0.483. The van der Waals surface area contributed by atoms with Gasteiger partial charge in [0.05, 0.1) is 6.54 Å². The van der Waals surface area contributed by atoms with Gasteiger partial charge in [0.2, 0.25) is 0 Å². The highest BCUT2D eigenvalue weighted by Crippen LogP contribution is 2.23. The van der Waals surface area contributed by atoms with E-state index in [9.17, 15) is 0 Å². The molecule has 2 heteroatoms. The van der Waals surface area contributed by atoms with E-state index in [-0.39, 0.29) is 0 Å². The fourth-order valence-corrected chi connectivity index (χ4v) is 3.00. The molecule has 1 aromatic heterocycles. The van der Waals surface area contributed by atoms with E-state index in [1.54, 1.807) is 0 Å². The summed E-state index contributed by atoms with van der Waals surface area (Å²) in [6, 6.07) is 23.0. The smallest absolute Gasteiger partial charge is 0.120 e. The van der Waals surface area contributed by atoms with E-state index >= 15 is 0 Å². The number of aromatic nitrogens is 1. The Bertz CT molecular complexity index is 1050. The molecule has 0 N–H and O–H groups in total. The second-order valence-corrected chi connectivity index (χ2v) is 5.84. The minimum Gasteiger partial charge on any atom is -0.489 e. The van der Waals surface area contributed by atoms with Gasteiger partial charge in [0.1, 0.15) is 12.4 Å². The molecule has 116 valence electrons. The third kappa shape index (κ3) is 2.73. The molecule has 0 fully saturated rings. The van der Waals surface area contributed by atoms with Crippen LogP contribution < -0.4 is 4.74 Å². The molecular weight excluding hydrogens is 294 g/mol. The number of fused-ring (bicyclic) bond motifs is 2. The number of hydrogen-bond acceptors (Lipinski definition) is 1. The highest BCUT2D eigenvalue weighted by atomic mass is 16.5. The number of hydrogen-bond donors (Lipinski definition) is 0. The van der Waals surface area contributed by atoms with Gasteiger partial charge >= 0.3 is 0 Å². The Hall–Kier alpha value is -3.18. The van der Waals surface area contributed by atoms with E-state index < -0.39 is 0 Å². The van der Waals surface area contributed by atoms with Crippen LogP contribution in [-0.4, -0.2) is 4.57 Å². The average Bonchev–Trinajstić information content (AvgIpc) is 3.02. The molecule has 0 aliphatic rings. The molecule has 0 spiro atoms. The van der Waals surface area contributed by atoms with Crippen molar-refractivity contribution in [3.05, 3.63) is 78.5 Å². The fraction of sp³-hybridized carbons (Fsp3) is 0.0909. The Labute approximate surface area is 141 Å². The van der Waals surface area contributed by atoms with Crippen molar-refractivity contribution in [2.24, 2.45) is 0 Å². The molecular formula is C22H17NO. The molecule has 4 rings (SSSR count). The topological polar surface area (TPSA) is 14.2 Å². The Balaban J connectivity index is 1.54. The van der Waals surface area contributed by atoms with Crippen LogP contribution in [0, 0.1) is 12.3 Å². The van der Waals surface area contributed by atoms with E-state index in [1.807, 2.05) is 12.3 Å². The summed E-state index contributed by atoms with van der Waals surface area (Å²) in [4.78, 5) is 0. The Morgan fingerprint density at radius 2 is 1.75 bits per heavy atom. The maximum Gasteiger partial charge on any atom is 0.120 e. The van der Waals surface area contributed by atoms with Gasteiger partial charge in [-0.2, -0.15) is 0 Å². The van der Waals surface area contributed by atoms with Crippen molar-refractivity contribution in [1.29, 1.82) is 0 Å². The van der Waals surface area contributed by atoms with Crippen LogP contribution in [0.2, 0.25) is 0 Å². The molecule has 0 radical (unpaired) electrons. The van der Waals surface area contributed by atoms with Crippen molar-refractivity contribution in [3.8, 4) is 18.1 Å². The van der Waals surface area contributed by atoms with Crippen LogP contribution in [0.4, 0.5) is 0 Å². The van der Waals surface area contributed by atoms with Crippen LogP contribution in [0.3, 0.4) is 0 Å². The normalized spacial score (nSPS) is 10.8. The average molecular weight is 311 g/mol. The third-order valence-electron chi connectivity index (χ3n) is 4.22. The molecule has 0 atom stereocenters. The van der Waals surface area contributed by atoms with Gasteiger partial charge in [-0.3, -0.25) is 0 Å². The molecule has 0 aliphatic carbocycles. The summed E-state index contributed by atoms with van der Waals surface area (Å²) in [5.41, 5.74) is 2.30. The number of ether oxygens (including phenoxy) is 1. The molecule has 0 unspecified atom stereocenters. The molecule has 0 saturated heterocycles. The third-order valence-corrected chi connectivity index (χ3v) is 4.22. The Kier molecular flexibility index (Phi) is 3.69. The molecule has 3 aromatic carbocycles. The highest BCUT2D eigenvalue weighted by molar-refractivity contribution is 5.83.